The maximum Gasteiger partial charge on any atom is 0.419 e. The molecule has 0 aliphatic heterocycles. The lowest BCUT2D eigenvalue weighted by atomic mass is 10.2. The van der Waals surface area contributed by atoms with E-state index in [0.717, 1.165) is 24.3 Å². The number of anilines is 1. The molecule has 0 radical (unpaired) electrons. The summed E-state index contributed by atoms with van der Waals surface area (Å²) in [6.45, 7) is 0.573. The van der Waals surface area contributed by atoms with Crippen molar-refractivity contribution < 1.29 is 17.6 Å². The Kier molecular flexibility index (Phi) is 5.11. The molecule has 0 saturated carbocycles. The van der Waals surface area contributed by atoms with E-state index in [1.165, 1.54) is 6.07 Å². The predicted octanol–water partition coefficient (Wildman–Crippen LogP) is 4.01. The van der Waals surface area contributed by atoms with Crippen LogP contribution in [0, 0.1) is 5.82 Å². The van der Waals surface area contributed by atoms with Gasteiger partial charge in [-0.05, 0) is 36.6 Å². The second-order valence-corrected chi connectivity index (χ2v) is 4.45. The normalized spacial score (nSPS) is 11.6. The lowest BCUT2D eigenvalue weighted by Crippen LogP contribution is -2.10. The van der Waals surface area contributed by atoms with Crippen molar-refractivity contribution in [2.75, 3.05) is 23.9 Å². The quantitative estimate of drug-likeness (QED) is 0.639. The van der Waals surface area contributed by atoms with Gasteiger partial charge in [0.05, 0.1) is 5.56 Å². The van der Waals surface area contributed by atoms with Gasteiger partial charge in [-0.15, -0.1) is 0 Å². The van der Waals surface area contributed by atoms with Crippen molar-refractivity contribution in [3.63, 3.8) is 0 Å². The number of rotatable bonds is 5. The minimum atomic E-state index is -4.65. The maximum absolute atomic E-state index is 13.0. The van der Waals surface area contributed by atoms with Crippen molar-refractivity contribution in [2.24, 2.45) is 0 Å². The van der Waals surface area contributed by atoms with Gasteiger partial charge in [0.15, 0.2) is 0 Å². The van der Waals surface area contributed by atoms with Crippen molar-refractivity contribution in [3.8, 4) is 0 Å². The number of alkyl halides is 3. The van der Waals surface area contributed by atoms with Crippen LogP contribution >= 0.6 is 11.8 Å². The molecule has 1 aromatic carbocycles. The summed E-state index contributed by atoms with van der Waals surface area (Å²) in [5.41, 5.74) is -0.938. The number of hydrogen-bond donors (Lipinski definition) is 1. The van der Waals surface area contributed by atoms with E-state index in [1.807, 2.05) is 6.26 Å². The molecule has 0 heterocycles. The standard InChI is InChI=1S/C11H13F4NS/c1-17-6-2-5-16-8-3-4-10(12)9(7-8)11(13,14)15/h3-4,7,16H,2,5-6H2,1H3. The monoisotopic (exact) mass is 267 g/mol. The molecule has 0 aliphatic carbocycles. The average molecular weight is 267 g/mol. The van der Waals surface area contributed by atoms with Gasteiger partial charge in [-0.2, -0.15) is 24.9 Å². The molecule has 1 nitrogen and oxygen atoms in total. The molecule has 96 valence electrons. The van der Waals surface area contributed by atoms with E-state index in [4.69, 9.17) is 0 Å². The van der Waals surface area contributed by atoms with Crippen LogP contribution in [0.5, 0.6) is 0 Å². The summed E-state index contributed by atoms with van der Waals surface area (Å²) in [4.78, 5) is 0. The highest BCUT2D eigenvalue weighted by Crippen LogP contribution is 2.32. The molecule has 0 unspecified atom stereocenters. The van der Waals surface area contributed by atoms with Gasteiger partial charge in [-0.3, -0.25) is 0 Å². The fourth-order valence-corrected chi connectivity index (χ4v) is 1.73. The first-order chi connectivity index (χ1) is 7.95. The average Bonchev–Trinajstić information content (AvgIpc) is 2.25. The topological polar surface area (TPSA) is 12.0 Å². The highest BCUT2D eigenvalue weighted by atomic mass is 32.2. The SMILES string of the molecule is CSCCCNc1ccc(F)c(C(F)(F)F)c1. The zero-order valence-electron chi connectivity index (χ0n) is 9.27. The van der Waals surface area contributed by atoms with Gasteiger partial charge in [0.2, 0.25) is 0 Å². The van der Waals surface area contributed by atoms with Crippen LogP contribution in [0.2, 0.25) is 0 Å². The number of nitrogens with one attached hydrogen (secondary N) is 1. The van der Waals surface area contributed by atoms with Gasteiger partial charge < -0.3 is 5.32 Å². The molecule has 1 N–H and O–H groups in total. The van der Waals surface area contributed by atoms with Crippen molar-refractivity contribution >= 4 is 17.4 Å². The van der Waals surface area contributed by atoms with Crippen LogP contribution < -0.4 is 5.32 Å². The van der Waals surface area contributed by atoms with E-state index in [9.17, 15) is 17.6 Å². The Balaban J connectivity index is 2.69. The Morgan fingerprint density at radius 2 is 2.00 bits per heavy atom. The van der Waals surface area contributed by atoms with E-state index >= 15 is 0 Å². The summed E-state index contributed by atoms with van der Waals surface area (Å²) >= 11 is 1.67. The van der Waals surface area contributed by atoms with Crippen LogP contribution in [0.25, 0.3) is 0 Å². The van der Waals surface area contributed by atoms with Gasteiger partial charge in [0, 0.05) is 12.2 Å². The molecule has 0 fully saturated rings. The zero-order chi connectivity index (χ0) is 12.9. The molecule has 0 aliphatic rings. The predicted molar refractivity (Wildman–Crippen MR) is 62.9 cm³/mol. The fraction of sp³-hybridized carbons (Fsp3) is 0.455. The van der Waals surface area contributed by atoms with Crippen LogP contribution in [0.15, 0.2) is 18.2 Å². The van der Waals surface area contributed by atoms with E-state index in [1.54, 1.807) is 11.8 Å². The van der Waals surface area contributed by atoms with E-state index in [2.05, 4.69) is 5.32 Å². The first-order valence-electron chi connectivity index (χ1n) is 5.04. The molecule has 0 bridgehead atoms. The molecule has 6 heteroatoms. The fourth-order valence-electron chi connectivity index (χ4n) is 1.30. The van der Waals surface area contributed by atoms with E-state index in [0.29, 0.717) is 12.2 Å². The second-order valence-electron chi connectivity index (χ2n) is 3.47. The van der Waals surface area contributed by atoms with Crippen LogP contribution in [0.3, 0.4) is 0 Å². The number of thioether (sulfide) groups is 1. The third kappa shape index (κ3) is 4.46. The Labute approximate surface area is 102 Å². The minimum absolute atomic E-state index is 0.292. The van der Waals surface area contributed by atoms with Gasteiger partial charge in [0.1, 0.15) is 5.82 Å². The van der Waals surface area contributed by atoms with Gasteiger partial charge in [-0.25, -0.2) is 4.39 Å². The lowest BCUT2D eigenvalue weighted by Gasteiger charge is -2.11. The van der Waals surface area contributed by atoms with Crippen LogP contribution in [0.1, 0.15) is 12.0 Å². The number of benzene rings is 1. The second kappa shape index (κ2) is 6.14. The van der Waals surface area contributed by atoms with Crippen molar-refractivity contribution in [2.45, 2.75) is 12.6 Å². The summed E-state index contributed by atoms with van der Waals surface area (Å²) < 4.78 is 50.2. The van der Waals surface area contributed by atoms with Crippen molar-refractivity contribution in [3.05, 3.63) is 29.6 Å². The summed E-state index contributed by atoms with van der Waals surface area (Å²) in [5, 5.41) is 2.84. The highest BCUT2D eigenvalue weighted by Gasteiger charge is 2.34. The molecule has 1 rings (SSSR count). The molecule has 0 saturated heterocycles. The highest BCUT2D eigenvalue weighted by molar-refractivity contribution is 7.98. The van der Waals surface area contributed by atoms with Gasteiger partial charge in [0.25, 0.3) is 0 Å². The zero-order valence-corrected chi connectivity index (χ0v) is 10.1. The Morgan fingerprint density at radius 1 is 1.29 bits per heavy atom. The third-order valence-corrected chi connectivity index (χ3v) is 2.82. The minimum Gasteiger partial charge on any atom is -0.385 e. The van der Waals surface area contributed by atoms with Crippen molar-refractivity contribution in [1.29, 1.82) is 0 Å². The molecule has 1 aromatic rings. The summed E-state index contributed by atoms with van der Waals surface area (Å²) in [5.74, 6) is -0.312. The largest absolute Gasteiger partial charge is 0.419 e. The summed E-state index contributed by atoms with van der Waals surface area (Å²) in [7, 11) is 0. The first-order valence-corrected chi connectivity index (χ1v) is 6.44. The lowest BCUT2D eigenvalue weighted by molar-refractivity contribution is -0.139. The smallest absolute Gasteiger partial charge is 0.385 e. The maximum atomic E-state index is 13.0. The summed E-state index contributed by atoms with van der Waals surface area (Å²) in [6, 6.07) is 2.94. The van der Waals surface area contributed by atoms with Crippen LogP contribution in [-0.2, 0) is 6.18 Å². The van der Waals surface area contributed by atoms with Crippen LogP contribution in [0.4, 0.5) is 23.2 Å². The number of hydrogen-bond acceptors (Lipinski definition) is 2. The van der Waals surface area contributed by atoms with E-state index in [-0.39, 0.29) is 0 Å². The van der Waals surface area contributed by atoms with E-state index < -0.39 is 17.6 Å². The Morgan fingerprint density at radius 3 is 2.59 bits per heavy atom. The molecule has 0 aromatic heterocycles. The Bertz CT molecular complexity index is 365. The molecule has 17 heavy (non-hydrogen) atoms. The van der Waals surface area contributed by atoms with Gasteiger partial charge in [-0.1, -0.05) is 0 Å². The van der Waals surface area contributed by atoms with Gasteiger partial charge >= 0.3 is 6.18 Å². The molecular weight excluding hydrogens is 254 g/mol. The molecule has 0 atom stereocenters. The van der Waals surface area contributed by atoms with Crippen LogP contribution in [-0.4, -0.2) is 18.6 Å². The third-order valence-electron chi connectivity index (χ3n) is 2.13. The van der Waals surface area contributed by atoms with Crippen molar-refractivity contribution in [1.82, 2.24) is 0 Å². The molecular formula is C11H13F4NS. The molecule has 0 spiro atoms. The number of halogens is 4. The first kappa shape index (κ1) is 14.2. The molecule has 0 amide bonds. The Hall–Kier alpha value is -0.910. The summed E-state index contributed by atoms with van der Waals surface area (Å²) in [6.07, 6.45) is -1.85.